The number of carboxylic acids is 1. The van der Waals surface area contributed by atoms with Crippen molar-refractivity contribution in [1.82, 2.24) is 9.78 Å². The molecule has 0 saturated carbocycles. The van der Waals surface area contributed by atoms with Gasteiger partial charge in [0.05, 0.1) is 11.3 Å². The highest BCUT2D eigenvalue weighted by Gasteiger charge is 2.11. The zero-order valence-electron chi connectivity index (χ0n) is 12.4. The topological polar surface area (TPSA) is 67.5 Å². The predicted octanol–water partition coefficient (Wildman–Crippen LogP) is 3.87. The maximum absolute atomic E-state index is 13.4. The lowest BCUT2D eigenvalue weighted by molar-refractivity contribution is 0.0692. The van der Waals surface area contributed by atoms with Gasteiger partial charge in [-0.2, -0.15) is 5.10 Å². The molecular formula is C16H11ClFN3O2S. The van der Waals surface area contributed by atoms with E-state index in [0.29, 0.717) is 15.5 Å². The van der Waals surface area contributed by atoms with Crippen LogP contribution >= 0.6 is 22.9 Å². The Hall–Kier alpha value is -2.51. The Morgan fingerprint density at radius 3 is 2.67 bits per heavy atom. The van der Waals surface area contributed by atoms with E-state index in [2.05, 4.69) is 10.1 Å². The van der Waals surface area contributed by atoms with Gasteiger partial charge in [-0.15, -0.1) is 0 Å². The third-order valence-corrected chi connectivity index (χ3v) is 4.50. The minimum absolute atomic E-state index is 0.343. The van der Waals surface area contributed by atoms with E-state index < -0.39 is 17.3 Å². The molecule has 1 aromatic heterocycles. The van der Waals surface area contributed by atoms with E-state index in [1.54, 1.807) is 23.9 Å². The van der Waals surface area contributed by atoms with Gasteiger partial charge in [-0.1, -0.05) is 35.1 Å². The third kappa shape index (κ3) is 3.37. The first kappa shape index (κ1) is 16.4. The summed E-state index contributed by atoms with van der Waals surface area (Å²) in [4.78, 5) is 15.9. The average molecular weight is 364 g/mol. The van der Waals surface area contributed by atoms with Crippen LogP contribution in [0.3, 0.4) is 0 Å². The van der Waals surface area contributed by atoms with Gasteiger partial charge in [-0.05, 0) is 30.3 Å². The van der Waals surface area contributed by atoms with Crippen LogP contribution in [0.25, 0.3) is 10.6 Å². The summed E-state index contributed by atoms with van der Waals surface area (Å²) in [5.74, 6) is -2.13. The molecule has 0 saturated heterocycles. The first-order chi connectivity index (χ1) is 11.4. The number of benzene rings is 2. The number of halogens is 2. The van der Waals surface area contributed by atoms with Crippen molar-refractivity contribution in [2.75, 3.05) is 0 Å². The van der Waals surface area contributed by atoms with Crippen molar-refractivity contribution >= 4 is 34.6 Å². The molecule has 2 aromatic carbocycles. The smallest absolute Gasteiger partial charge is 0.338 e. The van der Waals surface area contributed by atoms with Gasteiger partial charge >= 0.3 is 5.97 Å². The van der Waals surface area contributed by atoms with Gasteiger partial charge < -0.3 is 5.11 Å². The summed E-state index contributed by atoms with van der Waals surface area (Å²) in [6, 6.07) is 10.9. The van der Waals surface area contributed by atoms with Crippen molar-refractivity contribution in [2.24, 2.45) is 12.0 Å². The van der Waals surface area contributed by atoms with E-state index in [1.807, 2.05) is 12.1 Å². The summed E-state index contributed by atoms with van der Waals surface area (Å²) >= 11 is 7.21. The third-order valence-electron chi connectivity index (χ3n) is 3.20. The number of carboxylic acid groups (broad SMARTS) is 1. The van der Waals surface area contributed by atoms with E-state index in [-0.39, 0.29) is 0 Å². The van der Waals surface area contributed by atoms with Gasteiger partial charge in [-0.3, -0.25) is 0 Å². The molecule has 0 fully saturated rings. The van der Waals surface area contributed by atoms with Crippen LogP contribution in [0.15, 0.2) is 47.5 Å². The second kappa shape index (κ2) is 6.54. The first-order valence-electron chi connectivity index (χ1n) is 6.81. The van der Waals surface area contributed by atoms with E-state index in [1.165, 1.54) is 23.5 Å². The Labute approximate surface area is 145 Å². The van der Waals surface area contributed by atoms with Crippen molar-refractivity contribution < 1.29 is 14.3 Å². The second-order valence-electron chi connectivity index (χ2n) is 4.90. The number of aromatic nitrogens is 2. The van der Waals surface area contributed by atoms with Crippen LogP contribution in [0, 0.1) is 5.82 Å². The Bertz CT molecular complexity index is 980. The van der Waals surface area contributed by atoms with E-state index >= 15 is 0 Å². The minimum Gasteiger partial charge on any atom is -0.478 e. The molecule has 5 nitrogen and oxygen atoms in total. The Kier molecular flexibility index (Phi) is 4.46. The number of aryl methyl sites for hydroxylation is 1. The number of rotatable bonds is 3. The highest BCUT2D eigenvalue weighted by atomic mass is 35.5. The monoisotopic (exact) mass is 363 g/mol. The van der Waals surface area contributed by atoms with Gasteiger partial charge in [0.1, 0.15) is 10.8 Å². The fraction of sp³-hybridized carbons (Fsp3) is 0.0625. The summed E-state index contributed by atoms with van der Waals surface area (Å²) in [6.45, 7) is 0. The van der Waals surface area contributed by atoms with Crippen LogP contribution in [0.1, 0.15) is 10.4 Å². The fourth-order valence-corrected chi connectivity index (χ4v) is 3.05. The van der Waals surface area contributed by atoms with E-state index in [9.17, 15) is 9.18 Å². The first-order valence-corrected chi connectivity index (χ1v) is 8.01. The Morgan fingerprint density at radius 2 is 2.00 bits per heavy atom. The Balaban J connectivity index is 2.04. The molecule has 0 bridgehead atoms. The lowest BCUT2D eigenvalue weighted by Crippen LogP contribution is -2.11. The highest BCUT2D eigenvalue weighted by Crippen LogP contribution is 2.22. The summed E-state index contributed by atoms with van der Waals surface area (Å²) in [5.41, 5.74) is 0.823. The van der Waals surface area contributed by atoms with Gasteiger partial charge in [-0.25, -0.2) is 18.9 Å². The van der Waals surface area contributed by atoms with Crippen LogP contribution < -0.4 is 4.80 Å². The molecule has 0 amide bonds. The van der Waals surface area contributed by atoms with Crippen molar-refractivity contribution in [2.45, 2.75) is 0 Å². The number of hydrogen-bond donors (Lipinski definition) is 1. The molecule has 0 spiro atoms. The van der Waals surface area contributed by atoms with Gasteiger partial charge in [0, 0.05) is 17.6 Å². The fourth-order valence-electron chi connectivity index (χ4n) is 2.01. The van der Waals surface area contributed by atoms with E-state index in [0.717, 1.165) is 16.6 Å². The maximum Gasteiger partial charge on any atom is 0.338 e. The summed E-state index contributed by atoms with van der Waals surface area (Å²) in [7, 11) is 1.73. The molecule has 8 heteroatoms. The lowest BCUT2D eigenvalue weighted by atomic mass is 10.2. The van der Waals surface area contributed by atoms with Crippen LogP contribution in [0.4, 0.5) is 10.1 Å². The molecule has 0 radical (unpaired) electrons. The quantitative estimate of drug-likeness (QED) is 0.768. The molecule has 24 heavy (non-hydrogen) atoms. The molecule has 3 aromatic rings. The van der Waals surface area contributed by atoms with Crippen molar-refractivity contribution in [1.29, 1.82) is 0 Å². The Morgan fingerprint density at radius 1 is 1.29 bits per heavy atom. The molecule has 0 aliphatic carbocycles. The maximum atomic E-state index is 13.4. The normalized spacial score (nSPS) is 11.7. The molecule has 122 valence electrons. The number of carbonyl (C=O) groups is 1. The lowest BCUT2D eigenvalue weighted by Gasteiger charge is -1.98. The number of hydrogen-bond acceptors (Lipinski definition) is 4. The molecule has 1 N–H and O–H groups in total. The van der Waals surface area contributed by atoms with Crippen LogP contribution in [0.2, 0.25) is 5.02 Å². The van der Waals surface area contributed by atoms with Crippen molar-refractivity contribution in [3.05, 3.63) is 63.7 Å². The summed E-state index contributed by atoms with van der Waals surface area (Å²) in [5, 5.41) is 14.7. The highest BCUT2D eigenvalue weighted by molar-refractivity contribution is 7.12. The average Bonchev–Trinajstić information content (AvgIpc) is 2.90. The summed E-state index contributed by atoms with van der Waals surface area (Å²) < 4.78 is 15.0. The SMILES string of the molecule is Cn1nc(-c2ccc(Cl)cc2)s/c1=N/c1ccc(F)c(C(=O)O)c1. The van der Waals surface area contributed by atoms with Crippen molar-refractivity contribution in [3.63, 3.8) is 0 Å². The van der Waals surface area contributed by atoms with E-state index in [4.69, 9.17) is 16.7 Å². The standard InChI is InChI=1S/C16H11ClFN3O2S/c1-21-16(19-11-6-7-13(18)12(8-11)15(22)23)24-14(20-21)9-2-4-10(17)5-3-9/h2-8H,1H3,(H,22,23)/b19-16+. The van der Waals surface area contributed by atoms with Gasteiger partial charge in [0.25, 0.3) is 0 Å². The minimum atomic E-state index is -1.33. The van der Waals surface area contributed by atoms with Gasteiger partial charge in [0.15, 0.2) is 0 Å². The second-order valence-corrected chi connectivity index (χ2v) is 6.29. The number of nitrogens with zero attached hydrogens (tertiary/aromatic N) is 3. The predicted molar refractivity (Wildman–Crippen MR) is 90.1 cm³/mol. The zero-order chi connectivity index (χ0) is 17.3. The summed E-state index contributed by atoms with van der Waals surface area (Å²) in [6.07, 6.45) is 0. The molecule has 0 aliphatic heterocycles. The molecule has 3 rings (SSSR count). The molecule has 1 heterocycles. The number of aromatic carboxylic acids is 1. The molecule has 0 aliphatic rings. The molecular weight excluding hydrogens is 353 g/mol. The van der Waals surface area contributed by atoms with Crippen molar-refractivity contribution in [3.8, 4) is 10.6 Å². The zero-order valence-corrected chi connectivity index (χ0v) is 14.0. The molecule has 0 atom stereocenters. The van der Waals surface area contributed by atoms with Crippen LogP contribution in [-0.4, -0.2) is 20.9 Å². The molecule has 0 unspecified atom stereocenters. The largest absolute Gasteiger partial charge is 0.478 e. The van der Waals surface area contributed by atoms with Gasteiger partial charge in [0.2, 0.25) is 4.80 Å². The van der Waals surface area contributed by atoms with Crippen LogP contribution in [-0.2, 0) is 7.05 Å². The van der Waals surface area contributed by atoms with Crippen LogP contribution in [0.5, 0.6) is 0 Å².